The molecule has 1 aliphatic carbocycles. The molecule has 1 fully saturated rings. The van der Waals surface area contributed by atoms with E-state index in [2.05, 4.69) is 20.6 Å². The molecule has 5 rings (SSSR count). The zero-order valence-electron chi connectivity index (χ0n) is 19.5. The number of anilines is 1. The van der Waals surface area contributed by atoms with Crippen LogP contribution in [0, 0.1) is 18.8 Å². The van der Waals surface area contributed by atoms with E-state index in [1.54, 1.807) is 12.1 Å². The first-order chi connectivity index (χ1) is 17.0. The van der Waals surface area contributed by atoms with E-state index in [4.69, 9.17) is 0 Å². The standard InChI is InChI=1S/C25H28N6O4/c1-15-12-20(29-28-15)16-6-8-17(9-7-16)23(33)18-4-2-3-5-19(18)25(35)30(14-32)21-13-27-31-11-10-26-24(34)22(21)31/h6-9,12-13,18-19,32H,2-5,10-11,14H2,1H3,(H,26,34)(H,28,29)/t18-,19-/m1/s1. The Hall–Kier alpha value is -3.79. The summed E-state index contributed by atoms with van der Waals surface area (Å²) in [6, 6.07) is 9.21. The van der Waals surface area contributed by atoms with Crippen LogP contribution in [0.3, 0.4) is 0 Å². The van der Waals surface area contributed by atoms with Crippen molar-refractivity contribution in [3.63, 3.8) is 0 Å². The molecule has 10 nitrogen and oxygen atoms in total. The van der Waals surface area contributed by atoms with Crippen LogP contribution in [0.25, 0.3) is 11.3 Å². The average Bonchev–Trinajstić information content (AvgIpc) is 3.51. The number of nitrogens with one attached hydrogen (secondary N) is 2. The molecule has 35 heavy (non-hydrogen) atoms. The van der Waals surface area contributed by atoms with E-state index >= 15 is 0 Å². The maximum atomic E-state index is 13.6. The number of Topliss-reactive ketones (excluding diaryl/α,β-unsaturated/α-hetero) is 1. The summed E-state index contributed by atoms with van der Waals surface area (Å²) in [7, 11) is 0. The lowest BCUT2D eigenvalue weighted by Gasteiger charge is -2.33. The van der Waals surface area contributed by atoms with Gasteiger partial charge in [0.25, 0.3) is 5.91 Å². The van der Waals surface area contributed by atoms with E-state index < -0.39 is 18.6 Å². The highest BCUT2D eigenvalue weighted by Crippen LogP contribution is 2.36. The van der Waals surface area contributed by atoms with Crippen molar-refractivity contribution in [3.8, 4) is 11.3 Å². The SMILES string of the molecule is Cc1cc(-c2ccc(C(=O)[C@@H]3CCCC[C@H]3C(=O)N(CO)c3cnn4c3C(=O)NCC4)cc2)n[nH]1. The van der Waals surface area contributed by atoms with Crippen molar-refractivity contribution < 1.29 is 19.5 Å². The molecule has 10 heteroatoms. The molecule has 182 valence electrons. The Morgan fingerprint density at radius 3 is 2.60 bits per heavy atom. The predicted octanol–water partition coefficient (Wildman–Crippen LogP) is 2.30. The number of aryl methyl sites for hydroxylation is 1. The molecule has 0 radical (unpaired) electrons. The van der Waals surface area contributed by atoms with Gasteiger partial charge in [-0.2, -0.15) is 10.2 Å². The predicted molar refractivity (Wildman–Crippen MR) is 128 cm³/mol. The second kappa shape index (κ2) is 9.46. The Morgan fingerprint density at radius 2 is 1.91 bits per heavy atom. The van der Waals surface area contributed by atoms with Crippen molar-refractivity contribution >= 4 is 23.3 Å². The molecule has 0 saturated heterocycles. The molecule has 2 atom stereocenters. The Kier molecular flexibility index (Phi) is 6.21. The molecule has 0 spiro atoms. The van der Waals surface area contributed by atoms with Crippen molar-refractivity contribution in [1.82, 2.24) is 25.3 Å². The number of hydrogen-bond donors (Lipinski definition) is 3. The van der Waals surface area contributed by atoms with E-state index in [0.29, 0.717) is 31.5 Å². The number of nitrogens with zero attached hydrogens (tertiary/aromatic N) is 4. The van der Waals surface area contributed by atoms with Crippen molar-refractivity contribution in [2.75, 3.05) is 18.2 Å². The van der Waals surface area contributed by atoms with Crippen LogP contribution in [0.1, 0.15) is 52.2 Å². The summed E-state index contributed by atoms with van der Waals surface area (Å²) in [5.41, 5.74) is 3.72. The maximum absolute atomic E-state index is 13.6. The Morgan fingerprint density at radius 1 is 1.17 bits per heavy atom. The highest BCUT2D eigenvalue weighted by atomic mass is 16.3. The first-order valence-corrected chi connectivity index (χ1v) is 11.9. The molecule has 3 N–H and O–H groups in total. The summed E-state index contributed by atoms with van der Waals surface area (Å²) in [5.74, 6) is -1.86. The van der Waals surface area contributed by atoms with Gasteiger partial charge in [0.05, 0.1) is 24.1 Å². The molecular weight excluding hydrogens is 448 g/mol. The van der Waals surface area contributed by atoms with Gasteiger partial charge >= 0.3 is 0 Å². The molecule has 1 aliphatic heterocycles. The number of benzene rings is 1. The zero-order chi connectivity index (χ0) is 24.5. The summed E-state index contributed by atoms with van der Waals surface area (Å²) in [4.78, 5) is 40.8. The van der Waals surface area contributed by atoms with E-state index in [1.807, 2.05) is 25.1 Å². The minimum atomic E-state index is -0.597. The molecule has 3 aromatic rings. The van der Waals surface area contributed by atoms with Gasteiger partial charge in [0, 0.05) is 35.2 Å². The quantitative estimate of drug-likeness (QED) is 0.369. The summed E-state index contributed by atoms with van der Waals surface area (Å²) >= 11 is 0. The molecule has 2 aliphatic rings. The Labute approximate surface area is 202 Å². The lowest BCUT2D eigenvalue weighted by atomic mass is 9.74. The molecule has 2 amide bonds. The van der Waals surface area contributed by atoms with Crippen LogP contribution in [-0.2, 0) is 11.3 Å². The number of rotatable bonds is 6. The third kappa shape index (κ3) is 4.25. The first kappa shape index (κ1) is 23.0. The van der Waals surface area contributed by atoms with Crippen LogP contribution in [0.2, 0.25) is 0 Å². The molecule has 1 saturated carbocycles. The van der Waals surface area contributed by atoms with Crippen molar-refractivity contribution in [3.05, 3.63) is 53.5 Å². The number of carbonyl (C=O) groups is 3. The van der Waals surface area contributed by atoms with Crippen LogP contribution >= 0.6 is 0 Å². The number of hydrogen-bond acceptors (Lipinski definition) is 6. The average molecular weight is 477 g/mol. The second-order valence-electron chi connectivity index (χ2n) is 9.14. The normalized spacial score (nSPS) is 19.7. The van der Waals surface area contributed by atoms with Crippen LogP contribution in [0.15, 0.2) is 36.5 Å². The molecule has 0 unspecified atom stereocenters. The van der Waals surface area contributed by atoms with Gasteiger partial charge in [-0.1, -0.05) is 37.1 Å². The third-order valence-corrected chi connectivity index (χ3v) is 6.93. The van der Waals surface area contributed by atoms with Crippen LogP contribution in [0.5, 0.6) is 0 Å². The fourth-order valence-corrected chi connectivity index (χ4v) is 5.13. The second-order valence-corrected chi connectivity index (χ2v) is 9.14. The lowest BCUT2D eigenvalue weighted by Crippen LogP contribution is -2.44. The number of carbonyl (C=O) groups excluding carboxylic acids is 3. The fourth-order valence-electron chi connectivity index (χ4n) is 5.13. The van der Waals surface area contributed by atoms with Gasteiger partial charge in [-0.25, -0.2) is 0 Å². The topological polar surface area (TPSA) is 133 Å². The Balaban J connectivity index is 1.39. The number of aliphatic hydroxyl groups excluding tert-OH is 1. The van der Waals surface area contributed by atoms with E-state index in [1.165, 1.54) is 15.8 Å². The minimum absolute atomic E-state index is 0.0829. The van der Waals surface area contributed by atoms with Crippen molar-refractivity contribution in [1.29, 1.82) is 0 Å². The summed E-state index contributed by atoms with van der Waals surface area (Å²) in [5, 5.41) is 24.2. The minimum Gasteiger partial charge on any atom is -0.376 e. The van der Waals surface area contributed by atoms with E-state index in [0.717, 1.165) is 29.8 Å². The number of aromatic amines is 1. The number of fused-ring (bicyclic) bond motifs is 1. The smallest absolute Gasteiger partial charge is 0.271 e. The Bertz CT molecular complexity index is 1260. The molecule has 0 bridgehead atoms. The molecule has 2 aromatic heterocycles. The van der Waals surface area contributed by atoms with Crippen LogP contribution in [0.4, 0.5) is 5.69 Å². The van der Waals surface area contributed by atoms with E-state index in [9.17, 15) is 19.5 Å². The van der Waals surface area contributed by atoms with Crippen molar-refractivity contribution in [2.24, 2.45) is 11.8 Å². The first-order valence-electron chi connectivity index (χ1n) is 11.9. The van der Waals surface area contributed by atoms with Crippen LogP contribution in [-0.4, -0.2) is 56.0 Å². The molecule has 1 aromatic carbocycles. The number of aromatic nitrogens is 4. The monoisotopic (exact) mass is 476 g/mol. The van der Waals surface area contributed by atoms with Gasteiger partial charge in [-0.15, -0.1) is 0 Å². The number of aliphatic hydroxyl groups is 1. The van der Waals surface area contributed by atoms with Gasteiger partial charge in [0.2, 0.25) is 5.91 Å². The zero-order valence-corrected chi connectivity index (χ0v) is 19.5. The molecular formula is C25H28N6O4. The number of amides is 2. The van der Waals surface area contributed by atoms with Gasteiger partial charge in [0.1, 0.15) is 12.4 Å². The largest absolute Gasteiger partial charge is 0.376 e. The van der Waals surface area contributed by atoms with E-state index in [-0.39, 0.29) is 29.0 Å². The fraction of sp³-hybridized carbons (Fsp3) is 0.400. The van der Waals surface area contributed by atoms with Crippen molar-refractivity contribution in [2.45, 2.75) is 39.2 Å². The summed E-state index contributed by atoms with van der Waals surface area (Å²) < 4.78 is 1.54. The van der Waals surface area contributed by atoms with Gasteiger partial charge in [-0.3, -0.25) is 29.1 Å². The number of ketones is 1. The number of H-pyrrole nitrogens is 1. The maximum Gasteiger partial charge on any atom is 0.271 e. The molecule has 3 heterocycles. The third-order valence-electron chi connectivity index (χ3n) is 6.93. The highest BCUT2D eigenvalue weighted by molar-refractivity contribution is 6.07. The van der Waals surface area contributed by atoms with Gasteiger partial charge < -0.3 is 10.4 Å². The lowest BCUT2D eigenvalue weighted by molar-refractivity contribution is -0.125. The van der Waals surface area contributed by atoms with Gasteiger partial charge in [-0.05, 0) is 25.8 Å². The summed E-state index contributed by atoms with van der Waals surface area (Å²) in [6.07, 6.45) is 4.26. The highest BCUT2D eigenvalue weighted by Gasteiger charge is 2.40. The van der Waals surface area contributed by atoms with Crippen LogP contribution < -0.4 is 10.2 Å². The van der Waals surface area contributed by atoms with Gasteiger partial charge in [0.15, 0.2) is 5.78 Å². The summed E-state index contributed by atoms with van der Waals surface area (Å²) in [6.45, 7) is 2.28.